The number of carbonyl (C=O) groups excluding carboxylic acids is 1. The van der Waals surface area contributed by atoms with Crippen LogP contribution in [0.2, 0.25) is 0 Å². The van der Waals surface area contributed by atoms with Crippen LogP contribution in [-0.4, -0.2) is 41.0 Å². The van der Waals surface area contributed by atoms with E-state index in [1.807, 2.05) is 0 Å². The van der Waals surface area contributed by atoms with Crippen LogP contribution in [0.5, 0.6) is 0 Å². The second kappa shape index (κ2) is 6.87. The summed E-state index contributed by atoms with van der Waals surface area (Å²) in [5, 5.41) is 6.89. The fourth-order valence-corrected chi connectivity index (χ4v) is 6.15. The molecule has 2 unspecified atom stereocenters. The van der Waals surface area contributed by atoms with Gasteiger partial charge in [0.2, 0.25) is 10.0 Å². The molecule has 0 fully saturated rings. The van der Waals surface area contributed by atoms with Crippen molar-refractivity contribution in [1.82, 2.24) is 19.5 Å². The van der Waals surface area contributed by atoms with E-state index in [9.17, 15) is 26.4 Å². The molecule has 12 heteroatoms. The molecule has 0 spiro atoms. The topological polar surface area (TPSA) is 105 Å². The lowest BCUT2D eigenvalue weighted by Crippen LogP contribution is -2.38. The van der Waals surface area contributed by atoms with Gasteiger partial charge in [-0.05, 0) is 29.3 Å². The first-order valence-corrected chi connectivity index (χ1v) is 10.9. The average Bonchev–Trinajstić information content (AvgIpc) is 3.34. The van der Waals surface area contributed by atoms with E-state index >= 15 is 0 Å². The Morgan fingerprint density at radius 2 is 1.97 bits per heavy atom. The van der Waals surface area contributed by atoms with Crippen molar-refractivity contribution in [3.8, 4) is 0 Å². The van der Waals surface area contributed by atoms with Gasteiger partial charge in [0, 0.05) is 23.9 Å². The number of nitrogens with one attached hydrogen (secondary N) is 1. The molecule has 5 rings (SSSR count). The van der Waals surface area contributed by atoms with Gasteiger partial charge in [0.15, 0.2) is 0 Å². The Bertz CT molecular complexity index is 1340. The number of pyridine rings is 1. The van der Waals surface area contributed by atoms with Crippen LogP contribution in [0.15, 0.2) is 47.6 Å². The highest BCUT2D eigenvalue weighted by atomic mass is 32.2. The molecule has 3 aromatic rings. The summed E-state index contributed by atoms with van der Waals surface area (Å²) < 4.78 is 72.0. The van der Waals surface area contributed by atoms with E-state index in [2.05, 4.69) is 15.2 Å². The van der Waals surface area contributed by atoms with E-state index in [0.29, 0.717) is 29.0 Å². The third kappa shape index (κ3) is 2.86. The highest BCUT2D eigenvalue weighted by Crippen LogP contribution is 2.54. The zero-order chi connectivity index (χ0) is 22.8. The Labute approximate surface area is 180 Å². The van der Waals surface area contributed by atoms with Crippen LogP contribution < -0.4 is 0 Å². The largest absolute Gasteiger partial charge is 0.465 e. The third-order valence-corrected chi connectivity index (χ3v) is 7.64. The molecule has 1 aromatic carbocycles. The van der Waals surface area contributed by atoms with Crippen molar-refractivity contribution in [1.29, 1.82) is 0 Å². The van der Waals surface area contributed by atoms with E-state index in [1.54, 1.807) is 18.2 Å². The van der Waals surface area contributed by atoms with Crippen LogP contribution in [0.1, 0.15) is 50.5 Å². The summed E-state index contributed by atoms with van der Waals surface area (Å²) in [6, 6.07) is 4.87. The second-order valence-corrected chi connectivity index (χ2v) is 9.28. The van der Waals surface area contributed by atoms with Gasteiger partial charge in [0.05, 0.1) is 31.0 Å². The van der Waals surface area contributed by atoms with Gasteiger partial charge in [-0.15, -0.1) is 0 Å². The van der Waals surface area contributed by atoms with Gasteiger partial charge in [-0.2, -0.15) is 22.6 Å². The highest BCUT2D eigenvalue weighted by molar-refractivity contribution is 7.89. The SMILES string of the molecule is COC(=O)c1cccc2c1C1Cc3[nH]ncc3C2N1S(=O)(=O)c1ccc(C(F)(F)F)nc1. The number of methoxy groups -OCH3 is 1. The van der Waals surface area contributed by atoms with Gasteiger partial charge in [-0.25, -0.2) is 13.2 Å². The smallest absolute Gasteiger partial charge is 0.433 e. The van der Waals surface area contributed by atoms with Crippen molar-refractivity contribution >= 4 is 16.0 Å². The number of esters is 1. The first kappa shape index (κ1) is 20.6. The number of carbonyl (C=O) groups is 1. The number of sulfonamides is 1. The Balaban J connectivity index is 1.67. The monoisotopic (exact) mass is 464 g/mol. The van der Waals surface area contributed by atoms with E-state index < -0.39 is 39.9 Å². The fourth-order valence-electron chi connectivity index (χ4n) is 4.47. The minimum absolute atomic E-state index is 0.208. The standard InChI is InChI=1S/C20H15F3N4O4S/c1-31-19(28)12-4-2-3-11-17(12)15-7-14-13(9-25-26-14)18(11)27(15)32(29,30)10-5-6-16(24-8-10)20(21,22)23/h2-6,8-9,15,18H,7H2,1H3,(H,25,26). The predicted octanol–water partition coefficient (Wildman–Crippen LogP) is 3.00. The summed E-state index contributed by atoms with van der Waals surface area (Å²) in [4.78, 5) is 15.3. The number of H-pyrrole nitrogens is 1. The predicted molar refractivity (Wildman–Crippen MR) is 103 cm³/mol. The molecule has 166 valence electrons. The molecule has 0 saturated carbocycles. The van der Waals surface area contributed by atoms with Crippen LogP contribution in [0.3, 0.4) is 0 Å². The van der Waals surface area contributed by atoms with Crippen LogP contribution in [0, 0.1) is 0 Å². The number of fused-ring (bicyclic) bond motifs is 7. The zero-order valence-electron chi connectivity index (χ0n) is 16.4. The van der Waals surface area contributed by atoms with Crippen molar-refractivity contribution in [2.45, 2.75) is 29.6 Å². The van der Waals surface area contributed by atoms with Crippen molar-refractivity contribution in [2.75, 3.05) is 7.11 Å². The van der Waals surface area contributed by atoms with Gasteiger partial charge in [-0.3, -0.25) is 10.1 Å². The molecule has 0 amide bonds. The number of aromatic nitrogens is 3. The van der Waals surface area contributed by atoms with Crippen LogP contribution in [0.4, 0.5) is 13.2 Å². The molecule has 2 aliphatic rings. The second-order valence-electron chi connectivity index (χ2n) is 7.44. The molecule has 2 bridgehead atoms. The number of nitrogens with zero attached hydrogens (tertiary/aromatic N) is 3. The van der Waals surface area contributed by atoms with Crippen molar-refractivity contribution in [3.05, 3.63) is 76.4 Å². The summed E-state index contributed by atoms with van der Waals surface area (Å²) in [5.74, 6) is -0.607. The van der Waals surface area contributed by atoms with Crippen LogP contribution in [0.25, 0.3) is 0 Å². The zero-order valence-corrected chi connectivity index (χ0v) is 17.2. The molecule has 2 aliphatic heterocycles. The minimum atomic E-state index is -4.69. The summed E-state index contributed by atoms with van der Waals surface area (Å²) in [5.41, 5.74) is 1.50. The molecule has 32 heavy (non-hydrogen) atoms. The van der Waals surface area contributed by atoms with Crippen LogP contribution >= 0.6 is 0 Å². The van der Waals surface area contributed by atoms with Crippen molar-refractivity contribution in [2.24, 2.45) is 0 Å². The maximum Gasteiger partial charge on any atom is 0.433 e. The number of hydrogen-bond acceptors (Lipinski definition) is 6. The lowest BCUT2D eigenvalue weighted by atomic mass is 9.96. The Morgan fingerprint density at radius 1 is 1.19 bits per heavy atom. The molecule has 0 aliphatic carbocycles. The number of benzene rings is 1. The molecule has 0 saturated heterocycles. The number of rotatable bonds is 3. The number of aromatic amines is 1. The summed E-state index contributed by atoms with van der Waals surface area (Å²) in [6.07, 6.45) is -2.26. The normalized spacial score (nSPS) is 20.0. The highest BCUT2D eigenvalue weighted by Gasteiger charge is 2.52. The third-order valence-electron chi connectivity index (χ3n) is 5.78. The number of hydrogen-bond donors (Lipinski definition) is 1. The number of halogens is 3. The molecule has 4 heterocycles. The van der Waals surface area contributed by atoms with Gasteiger partial charge >= 0.3 is 12.1 Å². The van der Waals surface area contributed by atoms with Gasteiger partial charge in [0.25, 0.3) is 0 Å². The molecule has 2 aromatic heterocycles. The minimum Gasteiger partial charge on any atom is -0.465 e. The summed E-state index contributed by atoms with van der Waals surface area (Å²) in [6.45, 7) is 0. The first-order valence-electron chi connectivity index (χ1n) is 9.44. The van der Waals surface area contributed by atoms with Gasteiger partial charge in [-0.1, -0.05) is 12.1 Å². The molecular formula is C20H15F3N4O4S. The lowest BCUT2D eigenvalue weighted by Gasteiger charge is -2.33. The average molecular weight is 464 g/mol. The Morgan fingerprint density at radius 3 is 2.62 bits per heavy atom. The van der Waals surface area contributed by atoms with Crippen molar-refractivity contribution < 1.29 is 31.1 Å². The van der Waals surface area contributed by atoms with E-state index in [1.165, 1.54) is 17.6 Å². The Kier molecular flexibility index (Phi) is 4.43. The molecule has 2 atom stereocenters. The quantitative estimate of drug-likeness (QED) is 0.598. The number of ether oxygens (including phenoxy) is 1. The Hall–Kier alpha value is -3.25. The summed E-state index contributed by atoms with van der Waals surface area (Å²) >= 11 is 0. The summed E-state index contributed by atoms with van der Waals surface area (Å²) in [7, 11) is -3.05. The number of alkyl halides is 3. The van der Waals surface area contributed by atoms with Gasteiger partial charge in [0.1, 0.15) is 10.6 Å². The van der Waals surface area contributed by atoms with E-state index in [-0.39, 0.29) is 16.9 Å². The molecule has 1 N–H and O–H groups in total. The van der Waals surface area contributed by atoms with Gasteiger partial charge < -0.3 is 4.74 Å². The fraction of sp³-hybridized carbons (Fsp3) is 0.250. The molecular weight excluding hydrogens is 449 g/mol. The maximum atomic E-state index is 13.6. The lowest BCUT2D eigenvalue weighted by molar-refractivity contribution is -0.141. The molecule has 0 radical (unpaired) electrons. The van der Waals surface area contributed by atoms with E-state index in [0.717, 1.165) is 11.8 Å². The maximum absolute atomic E-state index is 13.6. The molecule has 8 nitrogen and oxygen atoms in total. The van der Waals surface area contributed by atoms with Crippen LogP contribution in [-0.2, 0) is 27.4 Å². The van der Waals surface area contributed by atoms with Crippen molar-refractivity contribution in [3.63, 3.8) is 0 Å². The first-order chi connectivity index (χ1) is 15.1. The van der Waals surface area contributed by atoms with E-state index in [4.69, 9.17) is 4.74 Å².